The van der Waals surface area contributed by atoms with Gasteiger partial charge < -0.3 is 20.3 Å². The maximum atomic E-state index is 14.3. The Morgan fingerprint density at radius 1 is 1.00 bits per heavy atom. The molecule has 3 amide bonds. The summed E-state index contributed by atoms with van der Waals surface area (Å²) in [4.78, 5) is 42.4. The van der Waals surface area contributed by atoms with Gasteiger partial charge in [-0.2, -0.15) is 0 Å². The summed E-state index contributed by atoms with van der Waals surface area (Å²) in [6, 6.07) is 5.23. The molecule has 1 rings (SSSR count). The van der Waals surface area contributed by atoms with E-state index in [0.717, 1.165) is 12.8 Å². The van der Waals surface area contributed by atoms with Gasteiger partial charge in [0.05, 0.1) is 0 Å². The number of rotatable bonds is 10. The molecule has 1 aromatic carbocycles. The van der Waals surface area contributed by atoms with Crippen LogP contribution in [-0.2, 0) is 14.3 Å². The number of carbonyl (C=O) groups excluding carboxylic acids is 3. The van der Waals surface area contributed by atoms with E-state index in [1.54, 1.807) is 49.9 Å². The second-order valence-corrected chi connectivity index (χ2v) is 11.8. The zero-order valence-electron chi connectivity index (χ0n) is 24.4. The number of ether oxygens (including phenoxy) is 1. The number of alkyl carbamates (subject to hydrolysis) is 1. The highest BCUT2D eigenvalue weighted by Crippen LogP contribution is 2.31. The van der Waals surface area contributed by atoms with Gasteiger partial charge in [0.1, 0.15) is 17.7 Å². The van der Waals surface area contributed by atoms with Crippen LogP contribution in [-0.4, -0.2) is 46.0 Å². The van der Waals surface area contributed by atoms with Crippen LogP contribution in [0.1, 0.15) is 106 Å². The van der Waals surface area contributed by atoms with Crippen LogP contribution in [0.3, 0.4) is 0 Å². The van der Waals surface area contributed by atoms with Crippen LogP contribution in [0.25, 0.3) is 0 Å². The summed E-state index contributed by atoms with van der Waals surface area (Å²) in [7, 11) is 0. The number of carbonyl (C=O) groups is 3. The van der Waals surface area contributed by atoms with Crippen LogP contribution in [0.15, 0.2) is 24.3 Å². The van der Waals surface area contributed by atoms with Gasteiger partial charge in [-0.1, -0.05) is 51.7 Å². The molecule has 206 valence electrons. The van der Waals surface area contributed by atoms with Crippen molar-refractivity contribution < 1.29 is 19.1 Å². The van der Waals surface area contributed by atoms with E-state index >= 15 is 0 Å². The topological polar surface area (TPSA) is 87.7 Å². The lowest BCUT2D eigenvalue weighted by Crippen LogP contribution is -2.60. The molecule has 0 fully saturated rings. The van der Waals surface area contributed by atoms with Crippen LogP contribution >= 0.6 is 0 Å². The third-order valence-electron chi connectivity index (χ3n) is 6.12. The van der Waals surface area contributed by atoms with Gasteiger partial charge in [0, 0.05) is 17.1 Å². The zero-order chi connectivity index (χ0) is 28.6. The molecule has 37 heavy (non-hydrogen) atoms. The average Bonchev–Trinajstić information content (AvgIpc) is 2.78. The molecule has 0 aromatic heterocycles. The van der Waals surface area contributed by atoms with Crippen molar-refractivity contribution in [3.63, 3.8) is 0 Å². The minimum atomic E-state index is -0.925. The first kappa shape index (κ1) is 32.0. The second kappa shape index (κ2) is 13.5. The van der Waals surface area contributed by atoms with Crippen molar-refractivity contribution in [2.75, 3.05) is 0 Å². The minimum Gasteiger partial charge on any atom is -0.444 e. The highest BCUT2D eigenvalue weighted by Gasteiger charge is 2.43. The van der Waals surface area contributed by atoms with Gasteiger partial charge in [0.15, 0.2) is 0 Å². The third-order valence-corrected chi connectivity index (χ3v) is 6.12. The highest BCUT2D eigenvalue weighted by atomic mass is 16.6. The Balaban J connectivity index is 3.62. The van der Waals surface area contributed by atoms with E-state index in [2.05, 4.69) is 23.5 Å². The Morgan fingerprint density at radius 3 is 2.00 bits per heavy atom. The molecule has 7 nitrogen and oxygen atoms in total. The third kappa shape index (κ3) is 9.76. The number of benzene rings is 1. The Labute approximate surface area is 224 Å². The standard InChI is InChI=1S/C30H47N3O4/c1-12-15-21(5)31-26(34)25(23-18-16-22(14-3)17-19-23)33(29(6,7)8)27(35)24(20(4)13-2)32-28(36)37-30(9,10)11/h3,16-21,24-25H,12-13,15H2,1-2,4-11H3,(H,31,34)(H,32,36). The first-order valence-electron chi connectivity index (χ1n) is 13.2. The van der Waals surface area contributed by atoms with E-state index in [1.807, 2.05) is 41.5 Å². The number of hydrogen-bond acceptors (Lipinski definition) is 4. The quantitative estimate of drug-likeness (QED) is 0.400. The largest absolute Gasteiger partial charge is 0.444 e. The lowest BCUT2D eigenvalue weighted by molar-refractivity contribution is -0.149. The van der Waals surface area contributed by atoms with E-state index in [1.165, 1.54) is 0 Å². The fourth-order valence-electron chi connectivity index (χ4n) is 4.12. The van der Waals surface area contributed by atoms with Gasteiger partial charge in [-0.3, -0.25) is 9.59 Å². The van der Waals surface area contributed by atoms with Gasteiger partial charge >= 0.3 is 6.09 Å². The van der Waals surface area contributed by atoms with Gasteiger partial charge in [-0.05, 0) is 78.5 Å². The summed E-state index contributed by atoms with van der Waals surface area (Å²) in [5, 5.41) is 5.87. The fraction of sp³-hybridized carbons (Fsp3) is 0.633. The first-order valence-corrected chi connectivity index (χ1v) is 13.2. The van der Waals surface area contributed by atoms with Gasteiger partial charge in [0.25, 0.3) is 0 Å². The second-order valence-electron chi connectivity index (χ2n) is 11.8. The number of nitrogens with zero attached hydrogens (tertiary/aromatic N) is 1. The van der Waals surface area contributed by atoms with Crippen LogP contribution in [0.2, 0.25) is 0 Å². The molecule has 0 spiro atoms. The van der Waals surface area contributed by atoms with E-state index in [0.29, 0.717) is 17.5 Å². The molecule has 0 bridgehead atoms. The van der Waals surface area contributed by atoms with E-state index in [-0.39, 0.29) is 23.8 Å². The van der Waals surface area contributed by atoms with Crippen molar-refractivity contribution >= 4 is 17.9 Å². The summed E-state index contributed by atoms with van der Waals surface area (Å²) in [6.45, 7) is 18.8. The normalized spacial score (nSPS) is 14.9. The minimum absolute atomic E-state index is 0.0628. The lowest BCUT2D eigenvalue weighted by Gasteiger charge is -2.44. The molecule has 0 saturated heterocycles. The van der Waals surface area contributed by atoms with Gasteiger partial charge in [-0.25, -0.2) is 4.79 Å². The molecule has 0 aliphatic heterocycles. The molecule has 7 heteroatoms. The fourth-order valence-corrected chi connectivity index (χ4v) is 4.12. The van der Waals surface area contributed by atoms with E-state index in [4.69, 9.17) is 11.2 Å². The number of amides is 3. The number of nitrogens with one attached hydrogen (secondary N) is 2. The van der Waals surface area contributed by atoms with Crippen molar-refractivity contribution in [3.8, 4) is 12.3 Å². The summed E-state index contributed by atoms with van der Waals surface area (Å²) in [5.41, 5.74) is -0.143. The predicted octanol–water partition coefficient (Wildman–Crippen LogP) is 5.58. The maximum Gasteiger partial charge on any atom is 0.408 e. The zero-order valence-corrected chi connectivity index (χ0v) is 24.4. The van der Waals surface area contributed by atoms with Crippen LogP contribution in [0.4, 0.5) is 4.79 Å². The molecular weight excluding hydrogens is 466 g/mol. The SMILES string of the molecule is C#Cc1ccc(C(C(=O)NC(C)CCC)N(C(=O)C(NC(=O)OC(C)(C)C)C(C)CC)C(C)(C)C)cc1. The molecular formula is C30H47N3O4. The molecule has 4 unspecified atom stereocenters. The molecule has 0 radical (unpaired) electrons. The van der Waals surface area contributed by atoms with Crippen LogP contribution in [0, 0.1) is 18.3 Å². The Kier molecular flexibility index (Phi) is 11.7. The lowest BCUT2D eigenvalue weighted by atomic mass is 9.91. The van der Waals surface area contributed by atoms with Crippen LogP contribution in [0.5, 0.6) is 0 Å². The van der Waals surface area contributed by atoms with Crippen molar-refractivity contribution in [2.45, 2.75) is 118 Å². The van der Waals surface area contributed by atoms with Crippen molar-refractivity contribution in [1.29, 1.82) is 0 Å². The summed E-state index contributed by atoms with van der Waals surface area (Å²) < 4.78 is 5.46. The smallest absolute Gasteiger partial charge is 0.408 e. The van der Waals surface area contributed by atoms with Crippen molar-refractivity contribution in [2.24, 2.45) is 5.92 Å². The van der Waals surface area contributed by atoms with Gasteiger partial charge in [0.2, 0.25) is 11.8 Å². The van der Waals surface area contributed by atoms with Gasteiger partial charge in [-0.15, -0.1) is 6.42 Å². The molecule has 4 atom stereocenters. The first-order chi connectivity index (χ1) is 17.0. The molecule has 1 aromatic rings. The maximum absolute atomic E-state index is 14.3. The van der Waals surface area contributed by atoms with E-state index < -0.39 is 29.3 Å². The summed E-state index contributed by atoms with van der Waals surface area (Å²) in [6.07, 6.45) is 7.25. The summed E-state index contributed by atoms with van der Waals surface area (Å²) in [5.74, 6) is 1.76. The molecule has 0 aliphatic carbocycles. The summed E-state index contributed by atoms with van der Waals surface area (Å²) >= 11 is 0. The molecule has 2 N–H and O–H groups in total. The van der Waals surface area contributed by atoms with Crippen molar-refractivity contribution in [1.82, 2.24) is 15.5 Å². The Hall–Kier alpha value is -3.01. The number of hydrogen-bond donors (Lipinski definition) is 2. The predicted molar refractivity (Wildman–Crippen MR) is 149 cm³/mol. The molecule has 0 aliphatic rings. The van der Waals surface area contributed by atoms with Crippen molar-refractivity contribution in [3.05, 3.63) is 35.4 Å². The Bertz CT molecular complexity index is 951. The monoisotopic (exact) mass is 513 g/mol. The van der Waals surface area contributed by atoms with E-state index in [9.17, 15) is 14.4 Å². The van der Waals surface area contributed by atoms with Crippen LogP contribution < -0.4 is 10.6 Å². The average molecular weight is 514 g/mol. The molecule has 0 heterocycles. The Morgan fingerprint density at radius 2 is 1.57 bits per heavy atom. The molecule has 0 saturated carbocycles. The number of terminal acetylenes is 1. The highest BCUT2D eigenvalue weighted by molar-refractivity contribution is 5.93.